The van der Waals surface area contributed by atoms with Crippen molar-refractivity contribution in [2.45, 2.75) is 25.0 Å². The van der Waals surface area contributed by atoms with Crippen LogP contribution in [-0.2, 0) is 4.79 Å². The summed E-state index contributed by atoms with van der Waals surface area (Å²) in [5.41, 5.74) is 0. The van der Waals surface area contributed by atoms with Gasteiger partial charge in [-0.2, -0.15) is 0 Å². The summed E-state index contributed by atoms with van der Waals surface area (Å²) in [6, 6.07) is 0. The molecule has 2 aliphatic rings. The number of hydrogen-bond acceptors (Lipinski definition) is 3. The molecule has 2 rings (SSSR count). The molecule has 13 heavy (non-hydrogen) atoms. The maximum atomic E-state index is 11.6. The number of aliphatic imine (C=N–C) groups is 1. The summed E-state index contributed by atoms with van der Waals surface area (Å²) in [6.45, 7) is 3.82. The molecular weight excluding hydrogens is 252 g/mol. The topological polar surface area (TPSA) is 32.7 Å². The first-order valence-corrected chi connectivity index (χ1v) is 5.23. The molecule has 0 aromatic heterocycles. The Morgan fingerprint density at radius 1 is 1.69 bits per heavy atom. The molecule has 0 bridgehead atoms. The summed E-state index contributed by atoms with van der Waals surface area (Å²) in [5.74, 6) is 0.265. The van der Waals surface area contributed by atoms with Gasteiger partial charge in [-0.25, -0.2) is 0 Å². The van der Waals surface area contributed by atoms with E-state index in [1.54, 1.807) is 11.8 Å². The summed E-state index contributed by atoms with van der Waals surface area (Å²) >= 11 is 1.63. The Kier molecular flexibility index (Phi) is 3.79. The molecule has 1 unspecified atom stereocenters. The van der Waals surface area contributed by atoms with Crippen LogP contribution in [0, 0.1) is 0 Å². The molecule has 1 atom stereocenters. The van der Waals surface area contributed by atoms with Gasteiger partial charge in [0.15, 0.2) is 5.17 Å². The van der Waals surface area contributed by atoms with E-state index in [0.717, 1.165) is 31.1 Å². The summed E-state index contributed by atoms with van der Waals surface area (Å²) in [4.78, 5) is 17.8. The van der Waals surface area contributed by atoms with Gasteiger partial charge in [-0.3, -0.25) is 14.7 Å². The molecule has 0 radical (unpaired) electrons. The van der Waals surface area contributed by atoms with E-state index in [4.69, 9.17) is 0 Å². The second-order valence-electron chi connectivity index (χ2n) is 3.02. The van der Waals surface area contributed by atoms with Crippen molar-refractivity contribution in [3.63, 3.8) is 0 Å². The van der Waals surface area contributed by atoms with Gasteiger partial charge in [0, 0.05) is 13.1 Å². The number of carbonyl (C=O) groups is 1. The van der Waals surface area contributed by atoms with Crippen molar-refractivity contribution < 1.29 is 4.79 Å². The van der Waals surface area contributed by atoms with Crippen LogP contribution in [0.5, 0.6) is 0 Å². The Balaban J connectivity index is 0.000000845. The van der Waals surface area contributed by atoms with Gasteiger partial charge < -0.3 is 0 Å². The molecule has 0 spiro atoms. The van der Waals surface area contributed by atoms with Gasteiger partial charge in [-0.1, -0.05) is 18.7 Å². The van der Waals surface area contributed by atoms with Crippen LogP contribution in [0.4, 0.5) is 0 Å². The number of nitrogens with zero attached hydrogens (tertiary/aromatic N) is 2. The van der Waals surface area contributed by atoms with E-state index in [0.29, 0.717) is 0 Å². The van der Waals surface area contributed by atoms with Crippen LogP contribution in [0.15, 0.2) is 4.99 Å². The minimum absolute atomic E-state index is 0. The number of thioether (sulfide) groups is 1. The minimum atomic E-state index is 0. The number of fused-ring (bicyclic) bond motifs is 1. The predicted octanol–water partition coefficient (Wildman–Crippen LogP) is 1.68. The molecule has 0 N–H and O–H groups in total. The Labute approximate surface area is 92.7 Å². The lowest BCUT2D eigenvalue weighted by Gasteiger charge is -2.19. The first-order valence-electron chi connectivity index (χ1n) is 4.35. The maximum Gasteiger partial charge on any atom is 0.242 e. The third-order valence-corrected chi connectivity index (χ3v) is 3.56. The molecule has 0 aromatic carbocycles. The first kappa shape index (κ1) is 11.0. The van der Waals surface area contributed by atoms with Crippen molar-refractivity contribution in [1.82, 2.24) is 4.90 Å². The van der Waals surface area contributed by atoms with Gasteiger partial charge >= 0.3 is 0 Å². The smallest absolute Gasteiger partial charge is 0.242 e. The molecule has 2 aliphatic heterocycles. The van der Waals surface area contributed by atoms with E-state index >= 15 is 0 Å². The van der Waals surface area contributed by atoms with Crippen LogP contribution in [0.1, 0.15) is 19.8 Å². The fourth-order valence-electron chi connectivity index (χ4n) is 1.50. The summed E-state index contributed by atoms with van der Waals surface area (Å²) in [7, 11) is 0. The summed E-state index contributed by atoms with van der Waals surface area (Å²) in [5, 5.41) is 1.10. The van der Waals surface area contributed by atoms with Gasteiger partial charge in [0.25, 0.3) is 0 Å². The molecule has 1 fully saturated rings. The Morgan fingerprint density at radius 2 is 2.46 bits per heavy atom. The standard InChI is InChI=1S/C8H12N2OS.BrH/c1-2-6-7(11)10-5-3-4-9-8(10)12-6;/h6H,2-5H2,1H3;1H. The molecule has 1 amide bonds. The van der Waals surface area contributed by atoms with E-state index in [2.05, 4.69) is 11.9 Å². The molecule has 0 aromatic rings. The second-order valence-corrected chi connectivity index (χ2v) is 4.19. The van der Waals surface area contributed by atoms with Crippen LogP contribution >= 0.6 is 28.7 Å². The third-order valence-electron chi connectivity index (χ3n) is 2.18. The van der Waals surface area contributed by atoms with Gasteiger partial charge in [0.1, 0.15) is 0 Å². The summed E-state index contributed by atoms with van der Waals surface area (Å²) < 4.78 is 0. The molecule has 74 valence electrons. The van der Waals surface area contributed by atoms with Crippen LogP contribution in [0.25, 0.3) is 0 Å². The highest BCUT2D eigenvalue weighted by Crippen LogP contribution is 2.30. The lowest BCUT2D eigenvalue weighted by atomic mass is 10.3. The van der Waals surface area contributed by atoms with Crippen molar-refractivity contribution in [1.29, 1.82) is 0 Å². The van der Waals surface area contributed by atoms with E-state index < -0.39 is 0 Å². The largest absolute Gasteiger partial charge is 0.291 e. The van der Waals surface area contributed by atoms with Gasteiger partial charge in [-0.05, 0) is 12.8 Å². The predicted molar refractivity (Wildman–Crippen MR) is 60.6 cm³/mol. The Morgan fingerprint density at radius 3 is 3.08 bits per heavy atom. The molecule has 0 aliphatic carbocycles. The van der Waals surface area contributed by atoms with E-state index in [1.165, 1.54) is 0 Å². The number of halogens is 1. The fraction of sp³-hybridized carbons (Fsp3) is 0.750. The van der Waals surface area contributed by atoms with Crippen molar-refractivity contribution >= 4 is 39.8 Å². The average molecular weight is 265 g/mol. The van der Waals surface area contributed by atoms with Crippen molar-refractivity contribution in [3.8, 4) is 0 Å². The van der Waals surface area contributed by atoms with Crippen molar-refractivity contribution in [2.75, 3.05) is 13.1 Å². The highest BCUT2D eigenvalue weighted by Gasteiger charge is 2.37. The van der Waals surface area contributed by atoms with Gasteiger partial charge in [0.2, 0.25) is 5.91 Å². The number of carbonyl (C=O) groups excluding carboxylic acids is 1. The maximum absolute atomic E-state index is 11.6. The normalized spacial score (nSPS) is 26.5. The quantitative estimate of drug-likeness (QED) is 0.722. The highest BCUT2D eigenvalue weighted by atomic mass is 79.9. The number of amidine groups is 1. The molecule has 3 nitrogen and oxygen atoms in total. The SMILES string of the molecule is Br.CCC1SC2=NCCCN2C1=O. The monoisotopic (exact) mass is 264 g/mol. The zero-order valence-electron chi connectivity index (χ0n) is 7.52. The van der Waals surface area contributed by atoms with Gasteiger partial charge in [-0.15, -0.1) is 17.0 Å². The molecular formula is C8H13BrN2OS. The summed E-state index contributed by atoms with van der Waals surface area (Å²) in [6.07, 6.45) is 1.94. The van der Waals surface area contributed by atoms with Crippen LogP contribution in [-0.4, -0.2) is 34.3 Å². The number of rotatable bonds is 1. The Bertz CT molecular complexity index is 244. The average Bonchev–Trinajstić information content (AvgIpc) is 2.44. The number of hydrogen-bond donors (Lipinski definition) is 0. The van der Waals surface area contributed by atoms with Crippen LogP contribution in [0.3, 0.4) is 0 Å². The van der Waals surface area contributed by atoms with Crippen molar-refractivity contribution in [2.24, 2.45) is 4.99 Å². The first-order chi connectivity index (χ1) is 5.83. The number of amides is 1. The zero-order chi connectivity index (χ0) is 8.55. The highest BCUT2D eigenvalue weighted by molar-refractivity contribution is 8.93. The van der Waals surface area contributed by atoms with Crippen molar-refractivity contribution in [3.05, 3.63) is 0 Å². The molecule has 5 heteroatoms. The zero-order valence-corrected chi connectivity index (χ0v) is 10.1. The lowest BCUT2D eigenvalue weighted by Crippen LogP contribution is -2.35. The molecule has 0 saturated carbocycles. The van der Waals surface area contributed by atoms with E-state index in [1.807, 2.05) is 4.90 Å². The minimum Gasteiger partial charge on any atom is -0.291 e. The molecule has 1 saturated heterocycles. The van der Waals surface area contributed by atoms with Crippen LogP contribution < -0.4 is 0 Å². The fourth-order valence-corrected chi connectivity index (χ4v) is 2.62. The van der Waals surface area contributed by atoms with E-state index in [9.17, 15) is 4.79 Å². The molecule has 2 heterocycles. The van der Waals surface area contributed by atoms with Crippen LogP contribution in [0.2, 0.25) is 0 Å². The lowest BCUT2D eigenvalue weighted by molar-refractivity contribution is -0.126. The Hall–Kier alpha value is -0.0300. The third kappa shape index (κ3) is 1.91. The second kappa shape index (κ2) is 4.46. The van der Waals surface area contributed by atoms with E-state index in [-0.39, 0.29) is 28.1 Å². The van der Waals surface area contributed by atoms with Gasteiger partial charge in [0.05, 0.1) is 5.25 Å².